The molecule has 0 atom stereocenters. The maximum Gasteiger partial charge on any atom is 0.211 e. The van der Waals surface area contributed by atoms with E-state index in [-0.39, 0.29) is 12.3 Å². The zero-order valence-corrected chi connectivity index (χ0v) is 7.49. The maximum atomic E-state index is 11.4. The van der Waals surface area contributed by atoms with Crippen LogP contribution in [0.4, 0.5) is 0 Å². The van der Waals surface area contributed by atoms with E-state index >= 15 is 0 Å². The van der Waals surface area contributed by atoms with Gasteiger partial charge in [-0.1, -0.05) is 5.92 Å². The van der Waals surface area contributed by atoms with Crippen molar-refractivity contribution in [1.82, 2.24) is 4.90 Å². The van der Waals surface area contributed by atoms with Gasteiger partial charge in [0.1, 0.15) is 0 Å². The summed E-state index contributed by atoms with van der Waals surface area (Å²) < 4.78 is 4.95. The second-order valence-electron chi connectivity index (χ2n) is 2.78. The number of hydrogen-bond acceptors (Lipinski definition) is 3. The summed E-state index contributed by atoms with van der Waals surface area (Å²) in [7, 11) is 1.79. The Balaban J connectivity index is 2.48. The molecule has 0 amide bonds. The van der Waals surface area contributed by atoms with Crippen molar-refractivity contribution in [2.75, 3.05) is 20.1 Å². The van der Waals surface area contributed by atoms with Gasteiger partial charge in [-0.2, -0.15) is 0 Å². The molecule has 0 aliphatic rings. The first kappa shape index (κ1) is 9.56. The van der Waals surface area contributed by atoms with E-state index < -0.39 is 0 Å². The molecule has 0 aliphatic heterocycles. The fourth-order valence-electron chi connectivity index (χ4n) is 0.972. The van der Waals surface area contributed by atoms with Crippen molar-refractivity contribution in [3.8, 4) is 12.3 Å². The first-order valence-corrected chi connectivity index (χ1v) is 3.92. The Kier molecular flexibility index (Phi) is 3.30. The molecule has 13 heavy (non-hydrogen) atoms. The zero-order chi connectivity index (χ0) is 9.68. The largest absolute Gasteiger partial charge is 0.461 e. The average Bonchev–Trinajstić information content (AvgIpc) is 2.55. The Hall–Kier alpha value is -1.53. The van der Waals surface area contributed by atoms with E-state index in [0.29, 0.717) is 12.3 Å². The van der Waals surface area contributed by atoms with Gasteiger partial charge < -0.3 is 4.42 Å². The third-order valence-electron chi connectivity index (χ3n) is 1.57. The first-order chi connectivity index (χ1) is 6.24. The number of ketones is 1. The molecule has 0 bridgehead atoms. The van der Waals surface area contributed by atoms with E-state index in [4.69, 9.17) is 10.8 Å². The van der Waals surface area contributed by atoms with E-state index in [2.05, 4.69) is 5.92 Å². The van der Waals surface area contributed by atoms with Crippen LogP contribution in [-0.2, 0) is 0 Å². The Morgan fingerprint density at radius 3 is 3.08 bits per heavy atom. The van der Waals surface area contributed by atoms with Gasteiger partial charge in [-0.05, 0) is 19.2 Å². The number of furan rings is 1. The van der Waals surface area contributed by atoms with Gasteiger partial charge in [0, 0.05) is 0 Å². The van der Waals surface area contributed by atoms with E-state index in [1.807, 2.05) is 0 Å². The number of carbonyl (C=O) groups excluding carboxylic acids is 1. The normalized spacial score (nSPS) is 9.92. The molecule has 0 aromatic carbocycles. The number of likely N-dealkylation sites (N-methyl/N-ethyl adjacent to an activating group) is 1. The second kappa shape index (κ2) is 4.48. The van der Waals surface area contributed by atoms with Crippen LogP contribution in [0.1, 0.15) is 10.6 Å². The molecule has 3 nitrogen and oxygen atoms in total. The van der Waals surface area contributed by atoms with Crippen LogP contribution >= 0.6 is 0 Å². The number of terminal acetylenes is 1. The molecule has 0 radical (unpaired) electrons. The summed E-state index contributed by atoms with van der Waals surface area (Å²) in [6, 6.07) is 3.33. The summed E-state index contributed by atoms with van der Waals surface area (Å²) in [5.74, 6) is 2.79. The van der Waals surface area contributed by atoms with Crippen LogP contribution in [0.15, 0.2) is 22.8 Å². The highest BCUT2D eigenvalue weighted by atomic mass is 16.3. The lowest BCUT2D eigenvalue weighted by Crippen LogP contribution is -2.25. The lowest BCUT2D eigenvalue weighted by Gasteiger charge is -2.10. The third-order valence-corrected chi connectivity index (χ3v) is 1.57. The van der Waals surface area contributed by atoms with Gasteiger partial charge in [-0.3, -0.25) is 9.69 Å². The molecule has 0 unspecified atom stereocenters. The molecule has 0 aliphatic carbocycles. The van der Waals surface area contributed by atoms with Gasteiger partial charge in [-0.25, -0.2) is 0 Å². The van der Waals surface area contributed by atoms with E-state index in [1.54, 1.807) is 24.1 Å². The minimum Gasteiger partial charge on any atom is -0.461 e. The summed E-state index contributed by atoms with van der Waals surface area (Å²) in [4.78, 5) is 13.1. The van der Waals surface area contributed by atoms with Gasteiger partial charge in [0.05, 0.1) is 19.4 Å². The molecular weight excluding hydrogens is 166 g/mol. The maximum absolute atomic E-state index is 11.4. The highest BCUT2D eigenvalue weighted by Crippen LogP contribution is 2.01. The Labute approximate surface area is 77.3 Å². The van der Waals surface area contributed by atoms with Crippen molar-refractivity contribution < 1.29 is 9.21 Å². The lowest BCUT2D eigenvalue weighted by atomic mass is 10.3. The molecule has 68 valence electrons. The summed E-state index contributed by atoms with van der Waals surface area (Å²) in [6.07, 6.45) is 6.58. The van der Waals surface area contributed by atoms with Crippen molar-refractivity contribution in [2.45, 2.75) is 0 Å². The van der Waals surface area contributed by atoms with Crippen LogP contribution < -0.4 is 0 Å². The van der Waals surface area contributed by atoms with Crippen LogP contribution in [0.3, 0.4) is 0 Å². The SMILES string of the molecule is C#CCN(C)CC(=O)c1ccco1. The fourth-order valence-corrected chi connectivity index (χ4v) is 0.972. The van der Waals surface area contributed by atoms with Crippen molar-refractivity contribution in [3.05, 3.63) is 24.2 Å². The third kappa shape index (κ3) is 2.77. The van der Waals surface area contributed by atoms with Crippen LogP contribution in [0.25, 0.3) is 0 Å². The van der Waals surface area contributed by atoms with Crippen LogP contribution in [0.5, 0.6) is 0 Å². The van der Waals surface area contributed by atoms with Crippen LogP contribution in [0, 0.1) is 12.3 Å². The Morgan fingerprint density at radius 1 is 1.77 bits per heavy atom. The average molecular weight is 177 g/mol. The van der Waals surface area contributed by atoms with Crippen molar-refractivity contribution in [2.24, 2.45) is 0 Å². The van der Waals surface area contributed by atoms with Gasteiger partial charge in [0.15, 0.2) is 5.76 Å². The standard InChI is InChI=1S/C10H11NO2/c1-3-6-11(2)8-9(12)10-5-4-7-13-10/h1,4-5,7H,6,8H2,2H3. The molecule has 1 aromatic heterocycles. The molecule has 0 N–H and O–H groups in total. The lowest BCUT2D eigenvalue weighted by molar-refractivity contribution is 0.0925. The van der Waals surface area contributed by atoms with E-state index in [0.717, 1.165) is 0 Å². The van der Waals surface area contributed by atoms with Gasteiger partial charge in [0.25, 0.3) is 0 Å². The fraction of sp³-hybridized carbons (Fsp3) is 0.300. The molecule has 3 heteroatoms. The van der Waals surface area contributed by atoms with Crippen molar-refractivity contribution in [1.29, 1.82) is 0 Å². The summed E-state index contributed by atoms with van der Waals surface area (Å²) in [5.41, 5.74) is 0. The smallest absolute Gasteiger partial charge is 0.211 e. The van der Waals surface area contributed by atoms with Gasteiger partial charge in [0.2, 0.25) is 5.78 Å². The van der Waals surface area contributed by atoms with Gasteiger partial charge in [-0.15, -0.1) is 6.42 Å². The zero-order valence-electron chi connectivity index (χ0n) is 7.49. The van der Waals surface area contributed by atoms with Gasteiger partial charge >= 0.3 is 0 Å². The monoisotopic (exact) mass is 177 g/mol. The van der Waals surface area contributed by atoms with Crippen molar-refractivity contribution in [3.63, 3.8) is 0 Å². The van der Waals surface area contributed by atoms with Crippen molar-refractivity contribution >= 4 is 5.78 Å². The Morgan fingerprint density at radius 2 is 2.54 bits per heavy atom. The highest BCUT2D eigenvalue weighted by molar-refractivity contribution is 5.94. The quantitative estimate of drug-likeness (QED) is 0.508. The minimum absolute atomic E-state index is 0.0530. The molecule has 1 heterocycles. The molecular formula is C10H11NO2. The molecule has 1 aromatic rings. The number of rotatable bonds is 4. The highest BCUT2D eigenvalue weighted by Gasteiger charge is 2.10. The first-order valence-electron chi connectivity index (χ1n) is 3.92. The topological polar surface area (TPSA) is 33.5 Å². The predicted octanol–water partition coefficient (Wildman–Crippen LogP) is 1.03. The van der Waals surface area contributed by atoms with E-state index in [1.165, 1.54) is 6.26 Å². The molecule has 0 saturated carbocycles. The molecule has 0 spiro atoms. The number of nitrogens with zero attached hydrogens (tertiary/aromatic N) is 1. The summed E-state index contributed by atoms with van der Waals surface area (Å²) in [6.45, 7) is 0.754. The molecule has 0 fully saturated rings. The number of Topliss-reactive ketones (excluding diaryl/α,β-unsaturated/α-hetero) is 1. The van der Waals surface area contributed by atoms with Crippen LogP contribution in [0.2, 0.25) is 0 Å². The van der Waals surface area contributed by atoms with E-state index in [9.17, 15) is 4.79 Å². The second-order valence-corrected chi connectivity index (χ2v) is 2.78. The Bertz CT molecular complexity index is 308. The summed E-state index contributed by atoms with van der Waals surface area (Å²) in [5, 5.41) is 0. The molecule has 1 rings (SSSR count). The minimum atomic E-state index is -0.0530. The predicted molar refractivity (Wildman–Crippen MR) is 49.4 cm³/mol. The van der Waals surface area contributed by atoms with Crippen LogP contribution in [-0.4, -0.2) is 30.8 Å². The number of carbonyl (C=O) groups is 1. The number of hydrogen-bond donors (Lipinski definition) is 0. The summed E-state index contributed by atoms with van der Waals surface area (Å²) >= 11 is 0. The molecule has 0 saturated heterocycles.